The first-order chi connectivity index (χ1) is 13.8. The fourth-order valence-electron chi connectivity index (χ4n) is 3.42. The van der Waals surface area contributed by atoms with Crippen molar-refractivity contribution in [3.63, 3.8) is 0 Å². The van der Waals surface area contributed by atoms with Gasteiger partial charge in [-0.25, -0.2) is 13.1 Å². The van der Waals surface area contributed by atoms with Gasteiger partial charge in [0, 0.05) is 22.6 Å². The van der Waals surface area contributed by atoms with Crippen molar-refractivity contribution in [1.29, 1.82) is 0 Å². The molecular formula is C20H19BrN4O3S. The molecule has 150 valence electrons. The molecule has 7 nitrogen and oxygen atoms in total. The fourth-order valence-corrected chi connectivity index (χ4v) is 4.82. The Morgan fingerprint density at radius 3 is 2.79 bits per heavy atom. The third-order valence-electron chi connectivity index (χ3n) is 4.77. The van der Waals surface area contributed by atoms with Crippen molar-refractivity contribution >= 4 is 43.4 Å². The van der Waals surface area contributed by atoms with Crippen LogP contribution in [0.5, 0.6) is 0 Å². The van der Waals surface area contributed by atoms with E-state index in [0.29, 0.717) is 36.6 Å². The van der Waals surface area contributed by atoms with Crippen LogP contribution in [0.1, 0.15) is 21.5 Å². The molecule has 0 spiro atoms. The second-order valence-corrected chi connectivity index (χ2v) is 9.71. The number of amides is 1. The standard InChI is InChI=1S/C20H19BrN4O3S/c1-29(27,28)25-10-8-15-12-16(5-6-18(15)25)20(26)23-19-7-9-22-24(19)13-14-3-2-4-17(21)11-14/h2-7,9,11-12H,8,10,13H2,1H3,(H,23,26). The lowest BCUT2D eigenvalue weighted by atomic mass is 10.1. The van der Waals surface area contributed by atoms with Crippen LogP contribution in [-0.4, -0.2) is 36.9 Å². The molecule has 3 aromatic rings. The first kappa shape index (κ1) is 19.7. The molecule has 0 aliphatic carbocycles. The summed E-state index contributed by atoms with van der Waals surface area (Å²) in [5, 5.41) is 7.19. The zero-order valence-corrected chi connectivity index (χ0v) is 18.1. The van der Waals surface area contributed by atoms with Gasteiger partial charge in [0.05, 0.1) is 24.7 Å². The Morgan fingerprint density at radius 2 is 2.03 bits per heavy atom. The first-order valence-electron chi connectivity index (χ1n) is 8.99. The number of carbonyl (C=O) groups is 1. The monoisotopic (exact) mass is 474 g/mol. The Labute approximate surface area is 177 Å². The molecule has 0 saturated heterocycles. The highest BCUT2D eigenvalue weighted by Gasteiger charge is 2.26. The van der Waals surface area contributed by atoms with Gasteiger partial charge >= 0.3 is 0 Å². The highest BCUT2D eigenvalue weighted by atomic mass is 79.9. The summed E-state index contributed by atoms with van der Waals surface area (Å²) in [5.41, 5.74) is 3.03. The van der Waals surface area contributed by atoms with Crippen molar-refractivity contribution in [3.8, 4) is 0 Å². The van der Waals surface area contributed by atoms with Gasteiger partial charge in [-0.05, 0) is 47.9 Å². The average molecular weight is 475 g/mol. The molecule has 1 aliphatic rings. The third kappa shape index (κ3) is 4.20. The number of halogens is 1. The molecule has 1 aromatic heterocycles. The second kappa shape index (κ2) is 7.64. The summed E-state index contributed by atoms with van der Waals surface area (Å²) in [6.45, 7) is 0.925. The maximum atomic E-state index is 12.8. The quantitative estimate of drug-likeness (QED) is 0.614. The van der Waals surface area contributed by atoms with Crippen molar-refractivity contribution in [1.82, 2.24) is 9.78 Å². The van der Waals surface area contributed by atoms with Gasteiger partial charge < -0.3 is 5.32 Å². The van der Waals surface area contributed by atoms with Crippen LogP contribution in [0.4, 0.5) is 11.5 Å². The van der Waals surface area contributed by atoms with Crippen LogP contribution in [0.3, 0.4) is 0 Å². The maximum absolute atomic E-state index is 12.8. The van der Waals surface area contributed by atoms with Gasteiger partial charge in [-0.2, -0.15) is 5.10 Å². The average Bonchev–Trinajstić information content (AvgIpc) is 3.27. The van der Waals surface area contributed by atoms with Crippen molar-refractivity contribution < 1.29 is 13.2 Å². The molecular weight excluding hydrogens is 456 g/mol. The Morgan fingerprint density at radius 1 is 1.21 bits per heavy atom. The number of aromatic nitrogens is 2. The van der Waals surface area contributed by atoms with Crippen LogP contribution in [0.25, 0.3) is 0 Å². The molecule has 29 heavy (non-hydrogen) atoms. The number of anilines is 2. The molecule has 4 rings (SSSR count). The van der Waals surface area contributed by atoms with Gasteiger partial charge in [-0.3, -0.25) is 9.10 Å². The van der Waals surface area contributed by atoms with Crippen molar-refractivity contribution in [2.45, 2.75) is 13.0 Å². The minimum absolute atomic E-state index is 0.262. The van der Waals surface area contributed by atoms with E-state index in [0.717, 1.165) is 15.6 Å². The van der Waals surface area contributed by atoms with E-state index in [1.54, 1.807) is 35.1 Å². The van der Waals surface area contributed by atoms with Gasteiger partial charge in [0.25, 0.3) is 5.91 Å². The highest BCUT2D eigenvalue weighted by molar-refractivity contribution is 9.10. The van der Waals surface area contributed by atoms with E-state index < -0.39 is 10.0 Å². The lowest BCUT2D eigenvalue weighted by Crippen LogP contribution is -2.27. The van der Waals surface area contributed by atoms with Crippen LogP contribution >= 0.6 is 15.9 Å². The molecule has 0 unspecified atom stereocenters. The molecule has 0 atom stereocenters. The Kier molecular flexibility index (Phi) is 5.18. The number of benzene rings is 2. The normalized spacial score (nSPS) is 13.4. The van der Waals surface area contributed by atoms with E-state index in [1.165, 1.54) is 10.6 Å². The predicted molar refractivity (Wildman–Crippen MR) is 116 cm³/mol. The predicted octanol–water partition coefficient (Wildman–Crippen LogP) is 3.27. The summed E-state index contributed by atoms with van der Waals surface area (Å²) < 4.78 is 27.8. The lowest BCUT2D eigenvalue weighted by molar-refractivity contribution is 0.102. The molecule has 1 N–H and O–H groups in total. The summed E-state index contributed by atoms with van der Waals surface area (Å²) in [7, 11) is -3.31. The number of hydrogen-bond donors (Lipinski definition) is 1. The largest absolute Gasteiger partial charge is 0.307 e. The van der Waals surface area contributed by atoms with Gasteiger partial charge in [-0.1, -0.05) is 28.1 Å². The lowest BCUT2D eigenvalue weighted by Gasteiger charge is -2.16. The Balaban J connectivity index is 1.52. The van der Waals surface area contributed by atoms with Crippen LogP contribution < -0.4 is 9.62 Å². The minimum Gasteiger partial charge on any atom is -0.307 e. The second-order valence-electron chi connectivity index (χ2n) is 6.89. The molecule has 1 aliphatic heterocycles. The van der Waals surface area contributed by atoms with Gasteiger partial charge in [0.1, 0.15) is 5.82 Å². The van der Waals surface area contributed by atoms with Crippen LogP contribution in [0.15, 0.2) is 59.2 Å². The number of carbonyl (C=O) groups excluding carboxylic acids is 1. The zero-order valence-electron chi connectivity index (χ0n) is 15.7. The number of nitrogens with one attached hydrogen (secondary N) is 1. The van der Waals surface area contributed by atoms with Gasteiger partial charge in [0.2, 0.25) is 10.0 Å². The van der Waals surface area contributed by atoms with Crippen molar-refractivity contribution in [3.05, 3.63) is 75.9 Å². The van der Waals surface area contributed by atoms with Crippen LogP contribution in [-0.2, 0) is 23.0 Å². The highest BCUT2D eigenvalue weighted by Crippen LogP contribution is 2.31. The number of hydrogen-bond acceptors (Lipinski definition) is 4. The molecule has 2 heterocycles. The first-order valence-corrected chi connectivity index (χ1v) is 11.6. The molecule has 0 bridgehead atoms. The number of fused-ring (bicyclic) bond motifs is 1. The minimum atomic E-state index is -3.31. The van der Waals surface area contributed by atoms with Crippen molar-refractivity contribution in [2.75, 3.05) is 22.4 Å². The molecule has 2 aromatic carbocycles. The van der Waals surface area contributed by atoms with E-state index in [2.05, 4.69) is 26.3 Å². The molecule has 0 radical (unpaired) electrons. The van der Waals surface area contributed by atoms with Crippen LogP contribution in [0.2, 0.25) is 0 Å². The van der Waals surface area contributed by atoms with E-state index in [4.69, 9.17) is 0 Å². The number of sulfonamides is 1. The zero-order chi connectivity index (χ0) is 20.6. The van der Waals surface area contributed by atoms with E-state index in [9.17, 15) is 13.2 Å². The smallest absolute Gasteiger partial charge is 0.256 e. The number of rotatable bonds is 5. The maximum Gasteiger partial charge on any atom is 0.256 e. The van der Waals surface area contributed by atoms with Crippen LogP contribution in [0, 0.1) is 0 Å². The van der Waals surface area contributed by atoms with E-state index in [-0.39, 0.29) is 5.91 Å². The molecule has 0 fully saturated rings. The van der Waals surface area contributed by atoms with E-state index in [1.807, 2.05) is 24.3 Å². The Bertz CT molecular complexity index is 1190. The summed E-state index contributed by atoms with van der Waals surface area (Å²) in [6, 6.07) is 14.7. The third-order valence-corrected chi connectivity index (χ3v) is 6.45. The topological polar surface area (TPSA) is 84.3 Å². The molecule has 9 heteroatoms. The summed E-state index contributed by atoms with van der Waals surface area (Å²) in [4.78, 5) is 12.8. The molecule has 0 saturated carbocycles. The summed E-state index contributed by atoms with van der Waals surface area (Å²) in [5.74, 6) is 0.329. The SMILES string of the molecule is CS(=O)(=O)N1CCc2cc(C(=O)Nc3ccnn3Cc3cccc(Br)c3)ccc21. The number of nitrogens with zero attached hydrogens (tertiary/aromatic N) is 3. The molecule has 1 amide bonds. The Hall–Kier alpha value is -2.65. The van der Waals surface area contributed by atoms with E-state index >= 15 is 0 Å². The van der Waals surface area contributed by atoms with Crippen molar-refractivity contribution in [2.24, 2.45) is 0 Å². The summed E-state index contributed by atoms with van der Waals surface area (Å²) >= 11 is 3.46. The summed E-state index contributed by atoms with van der Waals surface area (Å²) in [6.07, 6.45) is 3.42. The fraction of sp³-hybridized carbons (Fsp3) is 0.200. The van der Waals surface area contributed by atoms with Gasteiger partial charge in [-0.15, -0.1) is 0 Å². The van der Waals surface area contributed by atoms with Gasteiger partial charge in [0.15, 0.2) is 0 Å².